The first kappa shape index (κ1) is 12.5. The molecule has 0 aromatic heterocycles. The zero-order valence-electron chi connectivity index (χ0n) is 9.50. The van der Waals surface area contributed by atoms with E-state index in [2.05, 4.69) is 5.32 Å². The van der Waals surface area contributed by atoms with Crippen LogP contribution in [0.2, 0.25) is 0 Å². The van der Waals surface area contributed by atoms with Crippen LogP contribution in [0, 0.1) is 5.92 Å². The number of rotatable bonds is 7. The molecule has 1 aliphatic rings. The van der Waals surface area contributed by atoms with Crippen molar-refractivity contribution in [2.75, 3.05) is 19.7 Å². The average Bonchev–Trinajstić information content (AvgIpc) is 2.15. The van der Waals surface area contributed by atoms with Crippen molar-refractivity contribution in [3.05, 3.63) is 0 Å². The SMILES string of the molecule is CCOC1CC(CC(=O)NCCCN)C1. The van der Waals surface area contributed by atoms with Crippen molar-refractivity contribution < 1.29 is 9.53 Å². The lowest BCUT2D eigenvalue weighted by Crippen LogP contribution is -2.36. The molecule has 1 amide bonds. The van der Waals surface area contributed by atoms with Gasteiger partial charge in [0.2, 0.25) is 5.91 Å². The Labute approximate surface area is 91.5 Å². The molecular formula is C11H22N2O2. The predicted molar refractivity (Wildman–Crippen MR) is 59.4 cm³/mol. The topological polar surface area (TPSA) is 64.3 Å². The van der Waals surface area contributed by atoms with Crippen LogP contribution in [0.4, 0.5) is 0 Å². The van der Waals surface area contributed by atoms with Crippen molar-refractivity contribution in [3.63, 3.8) is 0 Å². The molecule has 0 radical (unpaired) electrons. The molecule has 0 aromatic carbocycles. The molecule has 0 spiro atoms. The number of nitrogens with one attached hydrogen (secondary N) is 1. The van der Waals surface area contributed by atoms with Crippen molar-refractivity contribution >= 4 is 5.91 Å². The van der Waals surface area contributed by atoms with Crippen LogP contribution in [-0.4, -0.2) is 31.7 Å². The third-order valence-corrected chi connectivity index (χ3v) is 2.77. The van der Waals surface area contributed by atoms with E-state index in [0.29, 0.717) is 31.5 Å². The second-order valence-corrected chi connectivity index (χ2v) is 4.11. The molecule has 4 heteroatoms. The van der Waals surface area contributed by atoms with Crippen LogP contribution in [0.25, 0.3) is 0 Å². The summed E-state index contributed by atoms with van der Waals surface area (Å²) in [5.74, 6) is 0.683. The molecule has 0 atom stereocenters. The molecule has 0 aliphatic heterocycles. The summed E-state index contributed by atoms with van der Waals surface area (Å²) in [7, 11) is 0. The van der Waals surface area contributed by atoms with Crippen molar-refractivity contribution in [3.8, 4) is 0 Å². The van der Waals surface area contributed by atoms with E-state index < -0.39 is 0 Å². The summed E-state index contributed by atoms with van der Waals surface area (Å²) in [5.41, 5.74) is 5.34. The van der Waals surface area contributed by atoms with Crippen molar-refractivity contribution in [2.45, 2.75) is 38.7 Å². The molecule has 0 unspecified atom stereocenters. The Kier molecular flexibility index (Phi) is 5.65. The van der Waals surface area contributed by atoms with Gasteiger partial charge in [-0.2, -0.15) is 0 Å². The van der Waals surface area contributed by atoms with Gasteiger partial charge in [-0.05, 0) is 38.6 Å². The Morgan fingerprint density at radius 2 is 2.27 bits per heavy atom. The zero-order chi connectivity index (χ0) is 11.1. The molecule has 88 valence electrons. The van der Waals surface area contributed by atoms with Gasteiger partial charge in [0.1, 0.15) is 0 Å². The Bertz CT molecular complexity index is 191. The van der Waals surface area contributed by atoms with Gasteiger partial charge in [0, 0.05) is 19.6 Å². The molecule has 0 saturated heterocycles. The van der Waals surface area contributed by atoms with E-state index in [1.807, 2.05) is 6.92 Å². The third-order valence-electron chi connectivity index (χ3n) is 2.77. The Hall–Kier alpha value is -0.610. The first-order valence-electron chi connectivity index (χ1n) is 5.84. The molecule has 0 aromatic rings. The van der Waals surface area contributed by atoms with Crippen LogP contribution >= 0.6 is 0 Å². The molecule has 15 heavy (non-hydrogen) atoms. The zero-order valence-corrected chi connectivity index (χ0v) is 9.50. The maximum absolute atomic E-state index is 11.4. The number of hydrogen-bond donors (Lipinski definition) is 2. The van der Waals surface area contributed by atoms with Gasteiger partial charge in [-0.3, -0.25) is 4.79 Å². The minimum Gasteiger partial charge on any atom is -0.378 e. The van der Waals surface area contributed by atoms with Crippen LogP contribution in [0.3, 0.4) is 0 Å². The monoisotopic (exact) mass is 214 g/mol. The fourth-order valence-electron chi connectivity index (χ4n) is 1.88. The maximum Gasteiger partial charge on any atom is 0.220 e. The summed E-state index contributed by atoms with van der Waals surface area (Å²) in [4.78, 5) is 11.4. The number of carbonyl (C=O) groups excluding carboxylic acids is 1. The lowest BCUT2D eigenvalue weighted by atomic mass is 9.80. The van der Waals surface area contributed by atoms with Crippen LogP contribution < -0.4 is 11.1 Å². The Morgan fingerprint density at radius 1 is 1.53 bits per heavy atom. The van der Waals surface area contributed by atoms with Crippen molar-refractivity contribution in [2.24, 2.45) is 11.7 Å². The van der Waals surface area contributed by atoms with Crippen molar-refractivity contribution in [1.29, 1.82) is 0 Å². The van der Waals surface area contributed by atoms with Gasteiger partial charge in [0.05, 0.1) is 6.10 Å². The molecular weight excluding hydrogens is 192 g/mol. The first-order valence-corrected chi connectivity index (χ1v) is 5.84. The highest BCUT2D eigenvalue weighted by molar-refractivity contribution is 5.76. The van der Waals surface area contributed by atoms with Crippen LogP contribution in [0.5, 0.6) is 0 Å². The molecule has 0 heterocycles. The summed E-state index contributed by atoms with van der Waals surface area (Å²) in [6.45, 7) is 4.13. The van der Waals surface area contributed by atoms with Gasteiger partial charge in [-0.15, -0.1) is 0 Å². The fraction of sp³-hybridized carbons (Fsp3) is 0.909. The normalized spacial score (nSPS) is 24.7. The van der Waals surface area contributed by atoms with E-state index in [1.165, 1.54) is 0 Å². The van der Waals surface area contributed by atoms with Crippen LogP contribution in [0.1, 0.15) is 32.6 Å². The van der Waals surface area contributed by atoms with Gasteiger partial charge in [-0.1, -0.05) is 0 Å². The van der Waals surface area contributed by atoms with Gasteiger partial charge < -0.3 is 15.8 Å². The quantitative estimate of drug-likeness (QED) is 0.612. The second-order valence-electron chi connectivity index (χ2n) is 4.11. The fourth-order valence-corrected chi connectivity index (χ4v) is 1.88. The molecule has 3 N–H and O–H groups in total. The number of nitrogens with two attached hydrogens (primary N) is 1. The van der Waals surface area contributed by atoms with E-state index in [9.17, 15) is 4.79 Å². The van der Waals surface area contributed by atoms with Gasteiger partial charge in [0.25, 0.3) is 0 Å². The Morgan fingerprint density at radius 3 is 2.87 bits per heavy atom. The van der Waals surface area contributed by atoms with Gasteiger partial charge in [0.15, 0.2) is 0 Å². The van der Waals surface area contributed by atoms with Gasteiger partial charge in [-0.25, -0.2) is 0 Å². The predicted octanol–water partition coefficient (Wildman–Crippen LogP) is 0.657. The molecule has 4 nitrogen and oxygen atoms in total. The smallest absolute Gasteiger partial charge is 0.220 e. The van der Waals surface area contributed by atoms with E-state index in [4.69, 9.17) is 10.5 Å². The minimum absolute atomic E-state index is 0.156. The molecule has 1 rings (SSSR count). The standard InChI is InChI=1S/C11H22N2O2/c1-2-15-10-6-9(7-10)8-11(14)13-5-3-4-12/h9-10H,2-8,12H2,1H3,(H,13,14). The number of hydrogen-bond acceptors (Lipinski definition) is 3. The first-order chi connectivity index (χ1) is 7.26. The van der Waals surface area contributed by atoms with Gasteiger partial charge >= 0.3 is 0 Å². The minimum atomic E-state index is 0.156. The molecule has 1 aliphatic carbocycles. The highest BCUT2D eigenvalue weighted by Crippen LogP contribution is 2.32. The highest BCUT2D eigenvalue weighted by atomic mass is 16.5. The third kappa shape index (κ3) is 4.62. The van der Waals surface area contributed by atoms with E-state index >= 15 is 0 Å². The van der Waals surface area contributed by atoms with E-state index in [-0.39, 0.29) is 5.91 Å². The summed E-state index contributed by atoms with van der Waals surface area (Å²) in [6.07, 6.45) is 3.99. The molecule has 1 fully saturated rings. The van der Waals surface area contributed by atoms with Crippen LogP contribution in [-0.2, 0) is 9.53 Å². The summed E-state index contributed by atoms with van der Waals surface area (Å²) >= 11 is 0. The summed E-state index contributed by atoms with van der Waals surface area (Å²) < 4.78 is 5.44. The highest BCUT2D eigenvalue weighted by Gasteiger charge is 2.30. The van der Waals surface area contributed by atoms with Crippen LogP contribution in [0.15, 0.2) is 0 Å². The summed E-state index contributed by atoms with van der Waals surface area (Å²) in [5, 5.41) is 2.87. The largest absolute Gasteiger partial charge is 0.378 e. The van der Waals surface area contributed by atoms with E-state index in [1.54, 1.807) is 0 Å². The maximum atomic E-state index is 11.4. The van der Waals surface area contributed by atoms with E-state index in [0.717, 1.165) is 25.9 Å². The number of carbonyl (C=O) groups is 1. The average molecular weight is 214 g/mol. The lowest BCUT2D eigenvalue weighted by molar-refractivity contribution is -0.124. The number of ether oxygens (including phenoxy) is 1. The summed E-state index contributed by atoms with van der Waals surface area (Å²) in [6, 6.07) is 0. The second kappa shape index (κ2) is 6.80. The lowest BCUT2D eigenvalue weighted by Gasteiger charge is -2.34. The molecule has 1 saturated carbocycles. The molecule has 0 bridgehead atoms. The Balaban J connectivity index is 1.98. The van der Waals surface area contributed by atoms with Crippen molar-refractivity contribution in [1.82, 2.24) is 5.32 Å². The number of amides is 1.